The lowest BCUT2D eigenvalue weighted by atomic mass is 10.1. The van der Waals surface area contributed by atoms with Gasteiger partial charge in [-0.2, -0.15) is 4.98 Å². The first-order valence-corrected chi connectivity index (χ1v) is 10.5. The van der Waals surface area contributed by atoms with Crippen LogP contribution in [0.4, 0.5) is 14.5 Å². The molecule has 0 bridgehead atoms. The van der Waals surface area contributed by atoms with Crippen molar-refractivity contribution in [3.05, 3.63) is 71.4 Å². The monoisotopic (exact) mass is 457 g/mol. The van der Waals surface area contributed by atoms with Gasteiger partial charge in [-0.05, 0) is 31.2 Å². The average molecular weight is 457 g/mol. The van der Waals surface area contributed by atoms with Crippen molar-refractivity contribution in [2.75, 3.05) is 5.32 Å². The zero-order valence-electron chi connectivity index (χ0n) is 16.8. The molecular weight excluding hydrogens is 440 g/mol. The van der Waals surface area contributed by atoms with Gasteiger partial charge < -0.3 is 14.3 Å². The molecule has 0 saturated heterocycles. The SMILES string of the molecule is Cc1cccc(-c2nnc(SCc3noc(CCC(=O)Nc4ccc(F)cc4F)n3)o2)c1. The third-order valence-corrected chi connectivity index (χ3v) is 5.09. The number of nitrogens with zero attached hydrogens (tertiary/aromatic N) is 4. The third kappa shape index (κ3) is 5.55. The Balaban J connectivity index is 1.26. The molecule has 0 saturated carbocycles. The number of hydrogen-bond acceptors (Lipinski definition) is 8. The van der Waals surface area contributed by atoms with Crippen molar-refractivity contribution in [3.63, 3.8) is 0 Å². The van der Waals surface area contributed by atoms with Crippen LogP contribution in [-0.2, 0) is 17.0 Å². The van der Waals surface area contributed by atoms with Crippen molar-refractivity contribution in [3.8, 4) is 11.5 Å². The molecule has 4 rings (SSSR count). The van der Waals surface area contributed by atoms with E-state index in [1.807, 2.05) is 31.2 Å². The van der Waals surface area contributed by atoms with Crippen LogP contribution in [-0.4, -0.2) is 26.2 Å². The molecule has 164 valence electrons. The van der Waals surface area contributed by atoms with Crippen LogP contribution in [0.1, 0.15) is 23.7 Å². The van der Waals surface area contributed by atoms with Crippen LogP contribution in [0, 0.1) is 18.6 Å². The lowest BCUT2D eigenvalue weighted by Crippen LogP contribution is -2.13. The molecule has 0 spiro atoms. The molecule has 0 aliphatic carbocycles. The van der Waals surface area contributed by atoms with Crippen LogP contribution in [0.25, 0.3) is 11.5 Å². The lowest BCUT2D eigenvalue weighted by molar-refractivity contribution is -0.116. The number of aromatic nitrogens is 4. The number of halogens is 2. The third-order valence-electron chi connectivity index (χ3n) is 4.28. The van der Waals surface area contributed by atoms with Gasteiger partial charge >= 0.3 is 0 Å². The number of hydrogen-bond donors (Lipinski definition) is 1. The van der Waals surface area contributed by atoms with Crippen molar-refractivity contribution in [2.45, 2.75) is 30.7 Å². The van der Waals surface area contributed by atoms with E-state index in [0.29, 0.717) is 28.8 Å². The Hall–Kier alpha value is -3.60. The van der Waals surface area contributed by atoms with Gasteiger partial charge in [0.1, 0.15) is 11.6 Å². The predicted octanol–water partition coefficient (Wildman–Crippen LogP) is 4.57. The van der Waals surface area contributed by atoms with Gasteiger partial charge in [0.25, 0.3) is 5.22 Å². The minimum atomic E-state index is -0.845. The summed E-state index contributed by atoms with van der Waals surface area (Å²) >= 11 is 1.26. The minimum absolute atomic E-state index is 0.00486. The molecule has 32 heavy (non-hydrogen) atoms. The number of amides is 1. The highest BCUT2D eigenvalue weighted by Gasteiger charge is 2.14. The van der Waals surface area contributed by atoms with Crippen LogP contribution in [0.2, 0.25) is 0 Å². The maximum Gasteiger partial charge on any atom is 0.277 e. The summed E-state index contributed by atoms with van der Waals surface area (Å²) in [5, 5.41) is 14.7. The average Bonchev–Trinajstić information content (AvgIpc) is 3.42. The van der Waals surface area contributed by atoms with E-state index in [4.69, 9.17) is 8.94 Å². The molecule has 0 radical (unpaired) electrons. The maximum atomic E-state index is 13.6. The van der Waals surface area contributed by atoms with Crippen LogP contribution in [0.5, 0.6) is 0 Å². The summed E-state index contributed by atoms with van der Waals surface area (Å²) in [4.78, 5) is 16.2. The van der Waals surface area contributed by atoms with Gasteiger partial charge in [0, 0.05) is 24.5 Å². The minimum Gasteiger partial charge on any atom is -0.411 e. The molecule has 4 aromatic rings. The Morgan fingerprint density at radius 3 is 2.84 bits per heavy atom. The second-order valence-electron chi connectivity index (χ2n) is 6.81. The van der Waals surface area contributed by atoms with Crippen molar-refractivity contribution in [1.82, 2.24) is 20.3 Å². The summed E-state index contributed by atoms with van der Waals surface area (Å²) in [5.41, 5.74) is 1.83. The van der Waals surface area contributed by atoms with E-state index < -0.39 is 17.5 Å². The van der Waals surface area contributed by atoms with Crippen molar-refractivity contribution >= 4 is 23.4 Å². The number of rotatable bonds is 8. The van der Waals surface area contributed by atoms with Gasteiger partial charge in [-0.1, -0.05) is 34.6 Å². The van der Waals surface area contributed by atoms with Crippen LogP contribution >= 0.6 is 11.8 Å². The summed E-state index contributed by atoms with van der Waals surface area (Å²) in [6.07, 6.45) is 0.166. The van der Waals surface area contributed by atoms with E-state index in [0.717, 1.165) is 23.3 Å². The quantitative estimate of drug-likeness (QED) is 0.384. The Morgan fingerprint density at radius 1 is 1.16 bits per heavy atom. The van der Waals surface area contributed by atoms with Gasteiger partial charge in [-0.15, -0.1) is 10.2 Å². The van der Waals surface area contributed by atoms with Crippen molar-refractivity contribution < 1.29 is 22.5 Å². The Labute approximate surface area is 185 Å². The van der Waals surface area contributed by atoms with Crippen LogP contribution < -0.4 is 5.32 Å². The zero-order valence-corrected chi connectivity index (χ0v) is 17.7. The van der Waals surface area contributed by atoms with Gasteiger partial charge in [0.05, 0.1) is 11.4 Å². The van der Waals surface area contributed by atoms with Crippen molar-refractivity contribution in [1.29, 1.82) is 0 Å². The molecule has 0 aliphatic heterocycles. The van der Waals surface area contributed by atoms with Crippen LogP contribution in [0.15, 0.2) is 56.6 Å². The number of carbonyl (C=O) groups is 1. The highest BCUT2D eigenvalue weighted by Crippen LogP contribution is 2.25. The molecule has 0 atom stereocenters. The van der Waals surface area contributed by atoms with Crippen LogP contribution in [0.3, 0.4) is 0 Å². The Bertz CT molecular complexity index is 1240. The molecule has 2 aromatic heterocycles. The van der Waals surface area contributed by atoms with E-state index in [1.54, 1.807) is 0 Å². The molecule has 1 amide bonds. The molecule has 0 unspecified atom stereocenters. The molecule has 11 heteroatoms. The first-order chi connectivity index (χ1) is 15.5. The van der Waals surface area contributed by atoms with Gasteiger partial charge in [0.15, 0.2) is 5.82 Å². The molecule has 2 heterocycles. The van der Waals surface area contributed by atoms with E-state index in [1.165, 1.54) is 11.8 Å². The second kappa shape index (κ2) is 9.69. The fraction of sp³-hybridized carbons (Fsp3) is 0.190. The Kier molecular flexibility index (Phi) is 6.55. The maximum absolute atomic E-state index is 13.6. The number of aryl methyl sites for hydroxylation is 2. The van der Waals surface area contributed by atoms with Gasteiger partial charge in [-0.25, -0.2) is 8.78 Å². The fourth-order valence-corrected chi connectivity index (χ4v) is 3.37. The lowest BCUT2D eigenvalue weighted by Gasteiger charge is -2.05. The molecule has 2 aromatic carbocycles. The first-order valence-electron chi connectivity index (χ1n) is 9.56. The fourth-order valence-electron chi connectivity index (χ4n) is 2.76. The highest BCUT2D eigenvalue weighted by molar-refractivity contribution is 7.98. The number of nitrogens with one attached hydrogen (secondary N) is 1. The normalized spacial score (nSPS) is 11.0. The first kappa shape index (κ1) is 21.6. The standard InChI is InChI=1S/C21H17F2N5O3S/c1-12-3-2-4-13(9-12)20-26-27-21(30-20)32-11-17-25-19(31-28-17)8-7-18(29)24-16-6-5-14(22)10-15(16)23/h2-6,9-10H,7-8,11H2,1H3,(H,24,29). The highest BCUT2D eigenvalue weighted by atomic mass is 32.2. The van der Waals surface area contributed by atoms with E-state index in [9.17, 15) is 13.6 Å². The molecular formula is C21H17F2N5O3S. The number of carbonyl (C=O) groups excluding carboxylic acids is 1. The molecule has 8 nitrogen and oxygen atoms in total. The van der Waals surface area contributed by atoms with Crippen molar-refractivity contribution in [2.24, 2.45) is 0 Å². The largest absolute Gasteiger partial charge is 0.411 e. The zero-order chi connectivity index (χ0) is 22.5. The molecule has 0 fully saturated rings. The van der Waals surface area contributed by atoms with Gasteiger partial charge in [0.2, 0.25) is 17.7 Å². The second-order valence-corrected chi connectivity index (χ2v) is 7.73. The summed E-state index contributed by atoms with van der Waals surface area (Å²) < 4.78 is 37.3. The van der Waals surface area contributed by atoms with E-state index >= 15 is 0 Å². The summed E-state index contributed by atoms with van der Waals surface area (Å²) in [6.45, 7) is 1.98. The number of anilines is 1. The van der Waals surface area contributed by atoms with Gasteiger partial charge in [-0.3, -0.25) is 4.79 Å². The molecule has 1 N–H and O–H groups in total. The summed E-state index contributed by atoms with van der Waals surface area (Å²) in [5.74, 6) is -0.587. The predicted molar refractivity (Wildman–Crippen MR) is 112 cm³/mol. The summed E-state index contributed by atoms with van der Waals surface area (Å²) in [6, 6.07) is 10.7. The smallest absolute Gasteiger partial charge is 0.277 e. The summed E-state index contributed by atoms with van der Waals surface area (Å²) in [7, 11) is 0. The number of thioether (sulfide) groups is 1. The Morgan fingerprint density at radius 2 is 2.03 bits per heavy atom. The molecule has 0 aliphatic rings. The number of benzene rings is 2. The topological polar surface area (TPSA) is 107 Å². The van der Waals surface area contributed by atoms with E-state index in [-0.39, 0.29) is 24.4 Å². The van der Waals surface area contributed by atoms with E-state index in [2.05, 4.69) is 25.7 Å².